The summed E-state index contributed by atoms with van der Waals surface area (Å²) < 4.78 is 36.1. The summed E-state index contributed by atoms with van der Waals surface area (Å²) in [6.45, 7) is 0.477. The molecule has 0 spiro atoms. The minimum atomic E-state index is -3.49. The Morgan fingerprint density at radius 1 is 1.44 bits per heavy atom. The molecule has 1 saturated carbocycles. The third-order valence-corrected chi connectivity index (χ3v) is 4.32. The molecule has 0 radical (unpaired) electrons. The van der Waals surface area contributed by atoms with Gasteiger partial charge in [-0.3, -0.25) is 0 Å². The summed E-state index contributed by atoms with van der Waals surface area (Å²) in [5.41, 5.74) is 6.33. The molecule has 16 heavy (non-hydrogen) atoms. The number of sulfone groups is 1. The lowest BCUT2D eigenvalue weighted by atomic mass is 9.96. The lowest BCUT2D eigenvalue weighted by Gasteiger charge is -2.13. The Morgan fingerprint density at radius 2 is 2.06 bits per heavy atom. The predicted octanol–water partition coefficient (Wildman–Crippen LogP) is 1.22. The second kappa shape index (κ2) is 3.53. The van der Waals surface area contributed by atoms with Crippen LogP contribution >= 0.6 is 0 Å². The van der Waals surface area contributed by atoms with E-state index in [1.807, 2.05) is 0 Å². The van der Waals surface area contributed by atoms with E-state index in [2.05, 4.69) is 0 Å². The Labute approximate surface area is 94.4 Å². The molecule has 0 aromatic heterocycles. The Balaban J connectivity index is 2.45. The molecule has 0 atom stereocenters. The summed E-state index contributed by atoms with van der Waals surface area (Å²) in [6, 6.07) is 4.30. The molecule has 0 amide bonds. The van der Waals surface area contributed by atoms with Crippen LogP contribution in [-0.2, 0) is 15.3 Å². The molecule has 88 valence electrons. The number of hydrogen-bond acceptors (Lipinski definition) is 3. The van der Waals surface area contributed by atoms with E-state index >= 15 is 0 Å². The van der Waals surface area contributed by atoms with Crippen molar-refractivity contribution in [2.75, 3.05) is 12.8 Å². The van der Waals surface area contributed by atoms with Crippen molar-refractivity contribution in [2.45, 2.75) is 23.2 Å². The molecular formula is C11H14FNO2S. The fourth-order valence-corrected chi connectivity index (χ4v) is 2.62. The fourth-order valence-electron chi connectivity index (χ4n) is 1.89. The SMILES string of the molecule is CS(=O)(=O)c1ccc(C2(CN)CC2)cc1F. The number of nitrogens with two attached hydrogens (primary N) is 1. The van der Waals surface area contributed by atoms with Gasteiger partial charge in [0.15, 0.2) is 9.84 Å². The first-order valence-corrected chi connectivity index (χ1v) is 6.98. The van der Waals surface area contributed by atoms with Crippen molar-refractivity contribution in [3.63, 3.8) is 0 Å². The van der Waals surface area contributed by atoms with Gasteiger partial charge in [0.1, 0.15) is 10.7 Å². The van der Waals surface area contributed by atoms with Crippen molar-refractivity contribution in [2.24, 2.45) is 5.73 Å². The Morgan fingerprint density at radius 3 is 2.44 bits per heavy atom. The van der Waals surface area contributed by atoms with Gasteiger partial charge in [-0.1, -0.05) is 6.07 Å². The van der Waals surface area contributed by atoms with E-state index in [9.17, 15) is 12.8 Å². The smallest absolute Gasteiger partial charge is 0.178 e. The Bertz CT molecular complexity index is 521. The third kappa shape index (κ3) is 1.85. The summed E-state index contributed by atoms with van der Waals surface area (Å²) >= 11 is 0. The molecule has 1 aromatic rings. The second-order valence-corrected chi connectivity index (χ2v) is 6.39. The average molecular weight is 243 g/mol. The maximum atomic E-state index is 13.6. The maximum Gasteiger partial charge on any atom is 0.178 e. The van der Waals surface area contributed by atoms with Crippen LogP contribution in [0.15, 0.2) is 23.1 Å². The van der Waals surface area contributed by atoms with Gasteiger partial charge in [0.25, 0.3) is 0 Å². The molecule has 5 heteroatoms. The van der Waals surface area contributed by atoms with E-state index in [1.165, 1.54) is 12.1 Å². The highest BCUT2D eigenvalue weighted by Crippen LogP contribution is 2.47. The molecule has 1 fully saturated rings. The van der Waals surface area contributed by atoms with Gasteiger partial charge in [0.05, 0.1) is 0 Å². The molecule has 2 N–H and O–H groups in total. The lowest BCUT2D eigenvalue weighted by Crippen LogP contribution is -2.20. The van der Waals surface area contributed by atoms with Crippen LogP contribution in [0.1, 0.15) is 18.4 Å². The van der Waals surface area contributed by atoms with Gasteiger partial charge >= 0.3 is 0 Å². The monoisotopic (exact) mass is 243 g/mol. The number of rotatable bonds is 3. The van der Waals surface area contributed by atoms with E-state index in [-0.39, 0.29) is 10.3 Å². The van der Waals surface area contributed by atoms with Gasteiger partial charge in [-0.05, 0) is 30.5 Å². The second-order valence-electron chi connectivity index (χ2n) is 4.40. The van der Waals surface area contributed by atoms with Gasteiger partial charge in [-0.2, -0.15) is 0 Å². The minimum absolute atomic E-state index is 0.114. The van der Waals surface area contributed by atoms with Gasteiger partial charge in [0, 0.05) is 18.2 Å². The van der Waals surface area contributed by atoms with Crippen LogP contribution in [0.3, 0.4) is 0 Å². The molecule has 0 unspecified atom stereocenters. The molecule has 0 heterocycles. The minimum Gasteiger partial charge on any atom is -0.330 e. The summed E-state index contributed by atoms with van der Waals surface area (Å²) in [5.74, 6) is -0.681. The zero-order valence-electron chi connectivity index (χ0n) is 9.03. The average Bonchev–Trinajstić information content (AvgIpc) is 2.96. The van der Waals surface area contributed by atoms with Crippen LogP contribution in [0.2, 0.25) is 0 Å². The molecule has 1 aromatic carbocycles. The van der Waals surface area contributed by atoms with Crippen molar-refractivity contribution in [3.05, 3.63) is 29.6 Å². The molecule has 3 nitrogen and oxygen atoms in total. The molecular weight excluding hydrogens is 229 g/mol. The van der Waals surface area contributed by atoms with Crippen molar-refractivity contribution in [3.8, 4) is 0 Å². The highest BCUT2D eigenvalue weighted by molar-refractivity contribution is 7.90. The van der Waals surface area contributed by atoms with Crippen LogP contribution in [0.4, 0.5) is 4.39 Å². The van der Waals surface area contributed by atoms with Crippen molar-refractivity contribution < 1.29 is 12.8 Å². The zero-order chi connectivity index (χ0) is 12.0. The lowest BCUT2D eigenvalue weighted by molar-refractivity contribution is 0.566. The highest BCUT2D eigenvalue weighted by atomic mass is 32.2. The van der Waals surface area contributed by atoms with Gasteiger partial charge in [0.2, 0.25) is 0 Å². The van der Waals surface area contributed by atoms with Crippen molar-refractivity contribution in [1.29, 1.82) is 0 Å². The third-order valence-electron chi connectivity index (χ3n) is 3.19. The molecule has 0 aliphatic heterocycles. The Kier molecular flexibility index (Phi) is 2.55. The maximum absolute atomic E-state index is 13.6. The van der Waals surface area contributed by atoms with Crippen LogP contribution in [0.25, 0.3) is 0 Å². The van der Waals surface area contributed by atoms with Gasteiger partial charge in [-0.25, -0.2) is 12.8 Å². The standard InChI is InChI=1S/C11H14FNO2S/c1-16(14,15)10-3-2-8(6-9(10)12)11(7-13)4-5-11/h2-3,6H,4-5,7,13H2,1H3. The van der Waals surface area contributed by atoms with Gasteiger partial charge < -0.3 is 5.73 Å². The van der Waals surface area contributed by atoms with E-state index in [1.54, 1.807) is 6.07 Å². The summed E-state index contributed by atoms with van der Waals surface area (Å²) in [7, 11) is -3.49. The first-order chi connectivity index (χ1) is 7.39. The molecule has 1 aliphatic rings. The Hall–Kier alpha value is -0.940. The van der Waals surface area contributed by atoms with Crippen molar-refractivity contribution >= 4 is 9.84 Å². The highest BCUT2D eigenvalue weighted by Gasteiger charge is 2.43. The van der Waals surface area contributed by atoms with Crippen LogP contribution < -0.4 is 5.73 Å². The first-order valence-electron chi connectivity index (χ1n) is 5.09. The van der Waals surface area contributed by atoms with E-state index in [4.69, 9.17) is 5.73 Å². The summed E-state index contributed by atoms with van der Waals surface area (Å²) in [6.07, 6.45) is 2.89. The zero-order valence-corrected chi connectivity index (χ0v) is 9.85. The predicted molar refractivity (Wildman–Crippen MR) is 59.5 cm³/mol. The normalized spacial score (nSPS) is 18.4. The number of hydrogen-bond donors (Lipinski definition) is 1. The van der Waals surface area contributed by atoms with Crippen LogP contribution in [0.5, 0.6) is 0 Å². The fraction of sp³-hybridized carbons (Fsp3) is 0.455. The molecule has 2 rings (SSSR count). The molecule has 0 saturated heterocycles. The van der Waals surface area contributed by atoms with E-state index in [0.29, 0.717) is 6.54 Å². The first kappa shape index (κ1) is 11.5. The van der Waals surface area contributed by atoms with Gasteiger partial charge in [-0.15, -0.1) is 0 Å². The molecule has 0 bridgehead atoms. The quantitative estimate of drug-likeness (QED) is 0.868. The van der Waals surface area contributed by atoms with E-state index in [0.717, 1.165) is 24.7 Å². The number of halogens is 1. The van der Waals surface area contributed by atoms with Crippen LogP contribution in [-0.4, -0.2) is 21.2 Å². The van der Waals surface area contributed by atoms with Crippen LogP contribution in [0, 0.1) is 5.82 Å². The largest absolute Gasteiger partial charge is 0.330 e. The number of benzene rings is 1. The summed E-state index contributed by atoms with van der Waals surface area (Å²) in [4.78, 5) is -0.246. The van der Waals surface area contributed by atoms with Crippen molar-refractivity contribution in [1.82, 2.24) is 0 Å². The topological polar surface area (TPSA) is 60.2 Å². The molecule has 1 aliphatic carbocycles. The summed E-state index contributed by atoms with van der Waals surface area (Å²) in [5, 5.41) is 0. The van der Waals surface area contributed by atoms with E-state index < -0.39 is 15.7 Å².